The van der Waals surface area contributed by atoms with Gasteiger partial charge in [0.1, 0.15) is 5.82 Å². The van der Waals surface area contributed by atoms with Crippen LogP contribution in [0, 0.1) is 5.82 Å². The van der Waals surface area contributed by atoms with Crippen LogP contribution in [0.3, 0.4) is 0 Å². The Morgan fingerprint density at radius 2 is 2.00 bits per heavy atom. The van der Waals surface area contributed by atoms with Crippen molar-refractivity contribution in [2.24, 2.45) is 0 Å². The van der Waals surface area contributed by atoms with Crippen LogP contribution in [-0.2, 0) is 21.2 Å². The molecule has 0 unspecified atom stereocenters. The van der Waals surface area contributed by atoms with Gasteiger partial charge in [-0.2, -0.15) is 0 Å². The molecule has 1 amide bonds. The van der Waals surface area contributed by atoms with Gasteiger partial charge in [-0.1, -0.05) is 11.6 Å². The topological polar surface area (TPSA) is 66.5 Å². The second kappa shape index (κ2) is 6.07. The molecule has 0 aromatic heterocycles. The summed E-state index contributed by atoms with van der Waals surface area (Å²) in [6, 6.07) is 8.01. The van der Waals surface area contributed by atoms with Crippen molar-refractivity contribution in [1.82, 2.24) is 0 Å². The summed E-state index contributed by atoms with van der Waals surface area (Å²) >= 11 is 5.86. The molecule has 8 heteroatoms. The number of rotatable bonds is 3. The number of hydrogen-bond donors (Lipinski definition) is 1. The third kappa shape index (κ3) is 3.09. The van der Waals surface area contributed by atoms with E-state index in [0.29, 0.717) is 13.0 Å². The smallest absolute Gasteiger partial charge is 0.261 e. The second-order valence-corrected chi connectivity index (χ2v) is 7.53. The molecule has 1 heterocycles. The molecule has 0 saturated carbocycles. The summed E-state index contributed by atoms with van der Waals surface area (Å²) < 4.78 is 40.4. The Morgan fingerprint density at radius 3 is 2.67 bits per heavy atom. The number of amides is 1. The van der Waals surface area contributed by atoms with E-state index in [2.05, 4.69) is 4.72 Å². The molecule has 0 radical (unpaired) electrons. The summed E-state index contributed by atoms with van der Waals surface area (Å²) in [5, 5.41) is -0.0255. The van der Waals surface area contributed by atoms with Crippen LogP contribution >= 0.6 is 11.6 Å². The number of halogens is 2. The summed E-state index contributed by atoms with van der Waals surface area (Å²) in [5.41, 5.74) is 1.61. The Bertz CT molecular complexity index is 931. The molecule has 0 saturated heterocycles. The van der Waals surface area contributed by atoms with E-state index in [4.69, 9.17) is 11.6 Å². The normalized spacial score (nSPS) is 13.7. The van der Waals surface area contributed by atoms with E-state index in [-0.39, 0.29) is 21.5 Å². The average molecular weight is 369 g/mol. The summed E-state index contributed by atoms with van der Waals surface area (Å²) in [5.74, 6) is -0.634. The highest BCUT2D eigenvalue weighted by atomic mass is 35.5. The molecule has 3 rings (SSSR count). The fraction of sp³-hybridized carbons (Fsp3) is 0.188. The minimum absolute atomic E-state index is 0.0255. The molecule has 1 aliphatic heterocycles. The van der Waals surface area contributed by atoms with Crippen LogP contribution in [0.1, 0.15) is 12.5 Å². The van der Waals surface area contributed by atoms with Crippen molar-refractivity contribution >= 4 is 38.9 Å². The lowest BCUT2D eigenvalue weighted by Crippen LogP contribution is -2.25. The first kappa shape index (κ1) is 16.7. The predicted molar refractivity (Wildman–Crippen MR) is 90.4 cm³/mol. The zero-order valence-corrected chi connectivity index (χ0v) is 14.3. The molecule has 0 fully saturated rings. The fourth-order valence-corrected chi connectivity index (χ4v) is 4.05. The lowest BCUT2D eigenvalue weighted by atomic mass is 10.2. The summed E-state index contributed by atoms with van der Waals surface area (Å²) in [6.07, 6.45) is 0.593. The van der Waals surface area contributed by atoms with Gasteiger partial charge in [-0.15, -0.1) is 0 Å². The van der Waals surface area contributed by atoms with Gasteiger partial charge in [0.2, 0.25) is 5.91 Å². The second-order valence-electron chi connectivity index (χ2n) is 5.44. The number of benzene rings is 2. The van der Waals surface area contributed by atoms with E-state index in [1.54, 1.807) is 11.0 Å². The minimum Gasteiger partial charge on any atom is -0.312 e. The van der Waals surface area contributed by atoms with Crippen LogP contribution in [0.15, 0.2) is 41.3 Å². The number of nitrogens with zero attached hydrogens (tertiary/aromatic N) is 1. The van der Waals surface area contributed by atoms with Gasteiger partial charge >= 0.3 is 0 Å². The first-order valence-electron chi connectivity index (χ1n) is 7.17. The molecule has 0 atom stereocenters. The van der Waals surface area contributed by atoms with E-state index in [9.17, 15) is 17.6 Å². The third-order valence-electron chi connectivity index (χ3n) is 3.81. The Morgan fingerprint density at radius 1 is 1.25 bits per heavy atom. The molecule has 2 aromatic carbocycles. The van der Waals surface area contributed by atoms with Crippen molar-refractivity contribution in [3.8, 4) is 0 Å². The Balaban J connectivity index is 1.92. The summed E-state index contributed by atoms with van der Waals surface area (Å²) in [7, 11) is -3.87. The van der Waals surface area contributed by atoms with Crippen LogP contribution < -0.4 is 9.62 Å². The third-order valence-corrected chi connectivity index (χ3v) is 5.49. The number of nitrogens with one attached hydrogen (secondary N) is 1. The number of hydrogen-bond acceptors (Lipinski definition) is 3. The first-order chi connectivity index (χ1) is 11.3. The van der Waals surface area contributed by atoms with Gasteiger partial charge in [-0.05, 0) is 48.4 Å². The van der Waals surface area contributed by atoms with Gasteiger partial charge in [0.25, 0.3) is 10.0 Å². The van der Waals surface area contributed by atoms with Gasteiger partial charge in [-0.25, -0.2) is 12.8 Å². The van der Waals surface area contributed by atoms with Crippen molar-refractivity contribution in [3.05, 3.63) is 52.8 Å². The van der Waals surface area contributed by atoms with Crippen molar-refractivity contribution < 1.29 is 17.6 Å². The molecule has 0 aliphatic carbocycles. The van der Waals surface area contributed by atoms with E-state index in [0.717, 1.165) is 23.4 Å². The molecule has 24 heavy (non-hydrogen) atoms. The van der Waals surface area contributed by atoms with Crippen molar-refractivity contribution in [3.63, 3.8) is 0 Å². The van der Waals surface area contributed by atoms with E-state index >= 15 is 0 Å². The Kier molecular flexibility index (Phi) is 4.23. The SMILES string of the molecule is CC(=O)N1CCc2cc(S(=O)(=O)Nc3ccc(F)cc3Cl)ccc21. The maximum absolute atomic E-state index is 13.1. The van der Waals surface area contributed by atoms with E-state index < -0.39 is 15.8 Å². The van der Waals surface area contributed by atoms with Gasteiger partial charge in [0.05, 0.1) is 15.6 Å². The van der Waals surface area contributed by atoms with Crippen molar-refractivity contribution in [1.29, 1.82) is 0 Å². The number of anilines is 2. The molecular formula is C16H14ClFN2O3S. The molecule has 126 valence electrons. The highest BCUT2D eigenvalue weighted by Crippen LogP contribution is 2.31. The average Bonchev–Trinajstić information content (AvgIpc) is 2.93. The molecule has 0 bridgehead atoms. The van der Waals surface area contributed by atoms with Crippen LogP contribution in [0.2, 0.25) is 5.02 Å². The number of carbonyl (C=O) groups excluding carboxylic acids is 1. The zero-order chi connectivity index (χ0) is 17.5. The lowest BCUT2D eigenvalue weighted by Gasteiger charge is -2.15. The molecule has 2 aromatic rings. The standard InChI is InChI=1S/C16H14ClFN2O3S/c1-10(21)20-7-6-11-8-13(3-5-16(11)20)24(22,23)19-15-4-2-12(18)9-14(15)17/h2-5,8-9,19H,6-7H2,1H3. The van der Waals surface area contributed by atoms with Crippen LogP contribution in [0.4, 0.5) is 15.8 Å². The van der Waals surface area contributed by atoms with E-state index in [1.165, 1.54) is 25.1 Å². The number of fused-ring (bicyclic) bond motifs is 1. The summed E-state index contributed by atoms with van der Waals surface area (Å²) in [6.45, 7) is 2.00. The number of carbonyl (C=O) groups is 1. The summed E-state index contributed by atoms with van der Waals surface area (Å²) in [4.78, 5) is 13.2. The highest BCUT2D eigenvalue weighted by Gasteiger charge is 2.25. The zero-order valence-electron chi connectivity index (χ0n) is 12.7. The van der Waals surface area contributed by atoms with Crippen LogP contribution in [0.5, 0.6) is 0 Å². The van der Waals surface area contributed by atoms with Gasteiger partial charge in [-0.3, -0.25) is 9.52 Å². The van der Waals surface area contributed by atoms with Crippen LogP contribution in [-0.4, -0.2) is 20.9 Å². The maximum Gasteiger partial charge on any atom is 0.261 e. The largest absolute Gasteiger partial charge is 0.312 e. The maximum atomic E-state index is 13.1. The Hall–Kier alpha value is -2.12. The van der Waals surface area contributed by atoms with Gasteiger partial charge in [0, 0.05) is 19.2 Å². The molecule has 1 aliphatic rings. The Labute approximate surface area is 144 Å². The van der Waals surface area contributed by atoms with Crippen molar-refractivity contribution in [2.75, 3.05) is 16.2 Å². The van der Waals surface area contributed by atoms with Crippen LogP contribution in [0.25, 0.3) is 0 Å². The number of sulfonamides is 1. The molecule has 0 spiro atoms. The molecule has 5 nitrogen and oxygen atoms in total. The first-order valence-corrected chi connectivity index (χ1v) is 9.03. The molecular weight excluding hydrogens is 355 g/mol. The van der Waals surface area contributed by atoms with Crippen molar-refractivity contribution in [2.45, 2.75) is 18.2 Å². The van der Waals surface area contributed by atoms with Gasteiger partial charge in [0.15, 0.2) is 0 Å². The molecule has 1 N–H and O–H groups in total. The lowest BCUT2D eigenvalue weighted by molar-refractivity contribution is -0.116. The quantitative estimate of drug-likeness (QED) is 0.904. The minimum atomic E-state index is -3.87. The predicted octanol–water partition coefficient (Wildman–Crippen LogP) is 3.19. The highest BCUT2D eigenvalue weighted by molar-refractivity contribution is 7.92. The monoisotopic (exact) mass is 368 g/mol. The van der Waals surface area contributed by atoms with E-state index in [1.807, 2.05) is 0 Å². The van der Waals surface area contributed by atoms with Gasteiger partial charge < -0.3 is 4.90 Å². The fourth-order valence-electron chi connectivity index (χ4n) is 2.65.